The van der Waals surface area contributed by atoms with Gasteiger partial charge in [-0.2, -0.15) is 0 Å². The maximum absolute atomic E-state index is 13.3. The molecule has 0 spiro atoms. The van der Waals surface area contributed by atoms with E-state index in [0.29, 0.717) is 25.4 Å². The minimum Gasteiger partial charge on any atom is -0.354 e. The first-order chi connectivity index (χ1) is 13.5. The minimum atomic E-state index is -0.254. The largest absolute Gasteiger partial charge is 0.354 e. The average Bonchev–Trinajstić information content (AvgIpc) is 3.10. The first-order valence-corrected chi connectivity index (χ1v) is 10.1. The lowest BCUT2D eigenvalue weighted by molar-refractivity contribution is -0.134. The Morgan fingerprint density at radius 2 is 1.93 bits per heavy atom. The molecule has 5 nitrogen and oxygen atoms in total. The van der Waals surface area contributed by atoms with Crippen LogP contribution < -0.4 is 4.90 Å². The van der Waals surface area contributed by atoms with Gasteiger partial charge in [0.05, 0.1) is 6.04 Å². The van der Waals surface area contributed by atoms with Crippen LogP contribution in [0.1, 0.15) is 43.5 Å². The molecule has 4 rings (SSSR count). The molecule has 1 aliphatic heterocycles. The number of benzene rings is 1. The summed E-state index contributed by atoms with van der Waals surface area (Å²) in [5.41, 5.74) is 3.37. The van der Waals surface area contributed by atoms with Gasteiger partial charge < -0.3 is 9.80 Å². The van der Waals surface area contributed by atoms with Crippen molar-refractivity contribution in [3.05, 3.63) is 53.2 Å². The van der Waals surface area contributed by atoms with E-state index in [1.165, 1.54) is 17.7 Å². The maximum Gasteiger partial charge on any atom is 0.224 e. The third-order valence-electron chi connectivity index (χ3n) is 5.91. The lowest BCUT2D eigenvalue weighted by atomic mass is 10.0. The van der Waals surface area contributed by atoms with Crippen LogP contribution in [0.2, 0.25) is 0 Å². The molecule has 1 aromatic carbocycles. The van der Waals surface area contributed by atoms with Gasteiger partial charge in [0.25, 0.3) is 0 Å². The van der Waals surface area contributed by atoms with Gasteiger partial charge >= 0.3 is 0 Å². The first-order valence-electron chi connectivity index (χ1n) is 10.1. The Bertz CT molecular complexity index is 852. The number of aromatic nitrogens is 2. The van der Waals surface area contributed by atoms with Crippen molar-refractivity contribution < 1.29 is 9.18 Å². The van der Waals surface area contributed by atoms with Crippen molar-refractivity contribution in [2.24, 2.45) is 5.92 Å². The summed E-state index contributed by atoms with van der Waals surface area (Å²) in [7, 11) is 0. The quantitative estimate of drug-likeness (QED) is 0.814. The number of hydrogen-bond donors (Lipinski definition) is 0. The Morgan fingerprint density at radius 1 is 1.14 bits per heavy atom. The second kappa shape index (κ2) is 7.86. The van der Waals surface area contributed by atoms with E-state index in [2.05, 4.69) is 28.7 Å². The van der Waals surface area contributed by atoms with Crippen molar-refractivity contribution in [1.29, 1.82) is 0 Å². The fourth-order valence-corrected chi connectivity index (χ4v) is 4.34. The highest BCUT2D eigenvalue weighted by molar-refractivity contribution is 5.78. The zero-order valence-electron chi connectivity index (χ0n) is 16.6. The second-order valence-electron chi connectivity index (χ2n) is 8.13. The number of hydrogen-bond acceptors (Lipinski definition) is 4. The monoisotopic (exact) mass is 382 g/mol. The number of rotatable bonds is 4. The van der Waals surface area contributed by atoms with Crippen LogP contribution in [0.5, 0.6) is 0 Å². The van der Waals surface area contributed by atoms with Crippen molar-refractivity contribution >= 4 is 11.7 Å². The molecule has 1 aromatic heterocycles. The molecule has 6 heteroatoms. The lowest BCUT2D eigenvalue weighted by Gasteiger charge is -2.35. The molecule has 1 saturated heterocycles. The highest BCUT2D eigenvalue weighted by Gasteiger charge is 2.33. The van der Waals surface area contributed by atoms with E-state index in [-0.39, 0.29) is 17.8 Å². The Balaban J connectivity index is 1.61. The summed E-state index contributed by atoms with van der Waals surface area (Å²) in [6.45, 7) is 6.25. The second-order valence-corrected chi connectivity index (χ2v) is 8.13. The van der Waals surface area contributed by atoms with Crippen LogP contribution in [0.25, 0.3) is 0 Å². The Morgan fingerprint density at radius 3 is 2.68 bits per heavy atom. The van der Waals surface area contributed by atoms with Crippen molar-refractivity contribution in [3.8, 4) is 0 Å². The van der Waals surface area contributed by atoms with E-state index in [1.807, 2.05) is 4.90 Å². The fraction of sp³-hybridized carbons (Fsp3) is 0.500. The topological polar surface area (TPSA) is 49.3 Å². The van der Waals surface area contributed by atoms with Crippen LogP contribution in [0.4, 0.5) is 10.2 Å². The van der Waals surface area contributed by atoms with E-state index >= 15 is 0 Å². The molecule has 0 radical (unpaired) electrons. The van der Waals surface area contributed by atoms with Crippen LogP contribution >= 0.6 is 0 Å². The Kier molecular flexibility index (Phi) is 5.29. The molecule has 148 valence electrons. The van der Waals surface area contributed by atoms with Crippen LogP contribution in [-0.4, -0.2) is 39.9 Å². The summed E-state index contributed by atoms with van der Waals surface area (Å²) in [4.78, 5) is 26.3. The van der Waals surface area contributed by atoms with Gasteiger partial charge in [-0.3, -0.25) is 4.79 Å². The summed E-state index contributed by atoms with van der Waals surface area (Å²) < 4.78 is 13.3. The third kappa shape index (κ3) is 3.73. The van der Waals surface area contributed by atoms with E-state index in [0.717, 1.165) is 42.9 Å². The van der Waals surface area contributed by atoms with Crippen molar-refractivity contribution in [2.45, 2.75) is 52.1 Å². The molecule has 2 aromatic rings. The SMILES string of the molecule is CC(C)[C@H]1CN(c2ncnc3c2CCC3)CCC(=O)N1Cc1ccc(F)cc1. The van der Waals surface area contributed by atoms with Gasteiger partial charge in [0, 0.05) is 37.3 Å². The number of halogens is 1. The molecule has 1 atom stereocenters. The standard InChI is InChI=1S/C22H27FN4O/c1-15(2)20-13-26(22-18-4-3-5-19(18)24-14-25-22)11-10-21(28)27(20)12-16-6-8-17(23)9-7-16/h6-9,14-15,20H,3-5,10-13H2,1-2H3/t20-/m1/s1. The van der Waals surface area contributed by atoms with Crippen LogP contribution in [0.3, 0.4) is 0 Å². The predicted molar refractivity (Wildman–Crippen MR) is 106 cm³/mol. The van der Waals surface area contributed by atoms with Crippen LogP contribution in [0.15, 0.2) is 30.6 Å². The van der Waals surface area contributed by atoms with Crippen molar-refractivity contribution in [1.82, 2.24) is 14.9 Å². The maximum atomic E-state index is 13.3. The van der Waals surface area contributed by atoms with Gasteiger partial charge in [0.15, 0.2) is 0 Å². The predicted octanol–water partition coefficient (Wildman–Crippen LogP) is 3.37. The van der Waals surface area contributed by atoms with Gasteiger partial charge in [-0.1, -0.05) is 26.0 Å². The van der Waals surface area contributed by atoms with E-state index in [4.69, 9.17) is 0 Å². The zero-order valence-corrected chi connectivity index (χ0v) is 16.6. The number of amides is 1. The average molecular weight is 382 g/mol. The van der Waals surface area contributed by atoms with E-state index in [1.54, 1.807) is 18.5 Å². The normalized spacial score (nSPS) is 19.9. The molecule has 0 bridgehead atoms. The molecule has 0 N–H and O–H groups in total. The number of aryl methyl sites for hydroxylation is 1. The molecule has 2 heterocycles. The number of carbonyl (C=O) groups excluding carboxylic acids is 1. The van der Waals surface area contributed by atoms with Crippen LogP contribution in [0, 0.1) is 11.7 Å². The summed E-state index contributed by atoms with van der Waals surface area (Å²) >= 11 is 0. The summed E-state index contributed by atoms with van der Waals surface area (Å²) in [5.74, 6) is 1.20. The molecule has 1 aliphatic carbocycles. The van der Waals surface area contributed by atoms with Gasteiger partial charge in [-0.25, -0.2) is 14.4 Å². The van der Waals surface area contributed by atoms with Gasteiger partial charge in [-0.05, 0) is 42.9 Å². The van der Waals surface area contributed by atoms with E-state index in [9.17, 15) is 9.18 Å². The van der Waals surface area contributed by atoms with Gasteiger partial charge in [0.1, 0.15) is 18.0 Å². The Labute approximate surface area is 165 Å². The molecular formula is C22H27FN4O. The number of anilines is 1. The highest BCUT2D eigenvalue weighted by atomic mass is 19.1. The smallest absolute Gasteiger partial charge is 0.224 e. The number of fused-ring (bicyclic) bond motifs is 1. The summed E-state index contributed by atoms with van der Waals surface area (Å²) in [6, 6.07) is 6.52. The molecule has 0 saturated carbocycles. The van der Waals surface area contributed by atoms with Gasteiger partial charge in [0.2, 0.25) is 5.91 Å². The molecule has 2 aliphatic rings. The molecule has 0 unspecified atom stereocenters. The van der Waals surface area contributed by atoms with Crippen molar-refractivity contribution in [2.75, 3.05) is 18.0 Å². The number of nitrogens with zero attached hydrogens (tertiary/aromatic N) is 4. The lowest BCUT2D eigenvalue weighted by Crippen LogP contribution is -2.46. The van der Waals surface area contributed by atoms with E-state index < -0.39 is 0 Å². The molecule has 28 heavy (non-hydrogen) atoms. The number of carbonyl (C=O) groups is 1. The third-order valence-corrected chi connectivity index (χ3v) is 5.91. The molecule has 1 amide bonds. The molecular weight excluding hydrogens is 355 g/mol. The van der Waals surface area contributed by atoms with Gasteiger partial charge in [-0.15, -0.1) is 0 Å². The van der Waals surface area contributed by atoms with Crippen molar-refractivity contribution in [3.63, 3.8) is 0 Å². The fourth-order valence-electron chi connectivity index (χ4n) is 4.34. The summed E-state index contributed by atoms with van der Waals surface area (Å²) in [6.07, 6.45) is 5.28. The Hall–Kier alpha value is -2.50. The van der Waals surface area contributed by atoms with Crippen LogP contribution in [-0.2, 0) is 24.2 Å². The molecule has 1 fully saturated rings. The first kappa shape index (κ1) is 18.8. The summed E-state index contributed by atoms with van der Waals surface area (Å²) in [5, 5.41) is 0. The highest BCUT2D eigenvalue weighted by Crippen LogP contribution is 2.30. The zero-order chi connectivity index (χ0) is 19.7. The minimum absolute atomic E-state index is 0.0760.